The summed E-state index contributed by atoms with van der Waals surface area (Å²) in [6.45, 7) is 9.09. The number of hydrogen-bond donors (Lipinski definition) is 1. The molecule has 0 radical (unpaired) electrons. The largest absolute Gasteiger partial charge is 0.373 e. The summed E-state index contributed by atoms with van der Waals surface area (Å²) in [5.41, 5.74) is 2.33. The van der Waals surface area contributed by atoms with Crippen LogP contribution in [0.3, 0.4) is 0 Å². The average Bonchev–Trinajstić information content (AvgIpc) is 2.84. The number of urea groups is 1. The van der Waals surface area contributed by atoms with E-state index in [9.17, 15) is 4.79 Å². The highest BCUT2D eigenvalue weighted by Crippen LogP contribution is 2.08. The molecule has 0 bridgehead atoms. The monoisotopic (exact) mass is 292 g/mol. The predicted molar refractivity (Wildman–Crippen MR) is 81.1 cm³/mol. The number of allylic oxidation sites excluding steroid dienone is 1. The summed E-state index contributed by atoms with van der Waals surface area (Å²) >= 11 is 0. The molecule has 2 amide bonds. The molecule has 1 unspecified atom stereocenters. The van der Waals surface area contributed by atoms with E-state index in [2.05, 4.69) is 10.4 Å². The van der Waals surface area contributed by atoms with E-state index in [4.69, 9.17) is 4.74 Å². The molecular weight excluding hydrogens is 268 g/mol. The number of aromatic nitrogens is 2. The van der Waals surface area contributed by atoms with Gasteiger partial charge in [-0.25, -0.2) is 4.79 Å². The Morgan fingerprint density at radius 3 is 3.05 bits per heavy atom. The van der Waals surface area contributed by atoms with Crippen molar-refractivity contribution in [3.05, 3.63) is 29.6 Å². The molecule has 1 atom stereocenters. The molecular formula is C15H24N4O2. The first-order chi connectivity index (χ1) is 10.0. The molecule has 1 fully saturated rings. The SMILES string of the molecule is CC(C)=CCNC(=O)N1CCOC(Cn2cc(C)cn2)C1. The highest BCUT2D eigenvalue weighted by atomic mass is 16.5. The van der Waals surface area contributed by atoms with Gasteiger partial charge >= 0.3 is 6.03 Å². The van der Waals surface area contributed by atoms with Gasteiger partial charge in [-0.1, -0.05) is 11.6 Å². The van der Waals surface area contributed by atoms with E-state index in [1.165, 1.54) is 5.57 Å². The first kappa shape index (κ1) is 15.6. The van der Waals surface area contributed by atoms with E-state index in [0.29, 0.717) is 32.8 Å². The van der Waals surface area contributed by atoms with Crippen LogP contribution >= 0.6 is 0 Å². The Morgan fingerprint density at radius 2 is 2.38 bits per heavy atom. The standard InChI is InChI=1S/C15H24N4O2/c1-12(2)4-5-16-15(20)18-6-7-21-14(10-18)11-19-9-13(3)8-17-19/h4,8-9,14H,5-7,10-11H2,1-3H3,(H,16,20). The van der Waals surface area contributed by atoms with E-state index in [-0.39, 0.29) is 12.1 Å². The first-order valence-electron chi connectivity index (χ1n) is 7.31. The maximum absolute atomic E-state index is 12.1. The van der Waals surface area contributed by atoms with Crippen LogP contribution in [-0.4, -0.2) is 53.1 Å². The zero-order chi connectivity index (χ0) is 15.2. The van der Waals surface area contributed by atoms with E-state index >= 15 is 0 Å². The van der Waals surface area contributed by atoms with Crippen molar-refractivity contribution in [2.75, 3.05) is 26.2 Å². The van der Waals surface area contributed by atoms with Crippen LogP contribution in [0.5, 0.6) is 0 Å². The van der Waals surface area contributed by atoms with Gasteiger partial charge in [0.05, 0.1) is 32.0 Å². The molecule has 1 aromatic heterocycles. The summed E-state index contributed by atoms with van der Waals surface area (Å²) in [7, 11) is 0. The van der Waals surface area contributed by atoms with Crippen molar-refractivity contribution in [1.29, 1.82) is 0 Å². The highest BCUT2D eigenvalue weighted by molar-refractivity contribution is 5.74. The number of rotatable bonds is 4. The van der Waals surface area contributed by atoms with Gasteiger partial charge in [0.1, 0.15) is 0 Å². The number of aryl methyl sites for hydroxylation is 1. The smallest absolute Gasteiger partial charge is 0.317 e. The Labute approximate surface area is 125 Å². The van der Waals surface area contributed by atoms with Gasteiger partial charge in [0.25, 0.3) is 0 Å². The number of carbonyl (C=O) groups is 1. The van der Waals surface area contributed by atoms with Crippen molar-refractivity contribution in [1.82, 2.24) is 20.0 Å². The van der Waals surface area contributed by atoms with Crippen molar-refractivity contribution in [2.24, 2.45) is 0 Å². The number of nitrogens with zero attached hydrogens (tertiary/aromatic N) is 3. The van der Waals surface area contributed by atoms with E-state index < -0.39 is 0 Å². The number of nitrogens with one attached hydrogen (secondary N) is 1. The van der Waals surface area contributed by atoms with E-state index in [1.807, 2.05) is 48.8 Å². The van der Waals surface area contributed by atoms with Crippen LogP contribution in [0.25, 0.3) is 0 Å². The molecule has 1 aliphatic heterocycles. The zero-order valence-electron chi connectivity index (χ0n) is 13.0. The minimum atomic E-state index is -0.0301. The second-order valence-electron chi connectivity index (χ2n) is 5.65. The normalized spacial score (nSPS) is 18.4. The molecule has 21 heavy (non-hydrogen) atoms. The number of morpholine rings is 1. The highest BCUT2D eigenvalue weighted by Gasteiger charge is 2.24. The van der Waals surface area contributed by atoms with Gasteiger partial charge in [-0.2, -0.15) is 5.10 Å². The van der Waals surface area contributed by atoms with Crippen molar-refractivity contribution < 1.29 is 9.53 Å². The minimum Gasteiger partial charge on any atom is -0.373 e. The topological polar surface area (TPSA) is 59.4 Å². The predicted octanol–water partition coefficient (Wildman–Crippen LogP) is 1.57. The van der Waals surface area contributed by atoms with Crippen molar-refractivity contribution in [2.45, 2.75) is 33.4 Å². The Morgan fingerprint density at radius 1 is 1.57 bits per heavy atom. The fourth-order valence-corrected chi connectivity index (χ4v) is 2.24. The zero-order valence-corrected chi connectivity index (χ0v) is 13.0. The molecule has 6 nitrogen and oxygen atoms in total. The minimum absolute atomic E-state index is 0.00717. The molecule has 2 rings (SSSR count). The fraction of sp³-hybridized carbons (Fsp3) is 0.600. The summed E-state index contributed by atoms with van der Waals surface area (Å²) in [4.78, 5) is 13.9. The van der Waals surface area contributed by atoms with Gasteiger partial charge in [0, 0.05) is 19.3 Å². The van der Waals surface area contributed by atoms with Crippen LogP contribution < -0.4 is 5.32 Å². The van der Waals surface area contributed by atoms with Crippen LogP contribution in [0.15, 0.2) is 24.0 Å². The number of ether oxygens (including phenoxy) is 1. The average molecular weight is 292 g/mol. The number of amides is 2. The Bertz CT molecular complexity index is 506. The number of carbonyl (C=O) groups excluding carboxylic acids is 1. The second-order valence-corrected chi connectivity index (χ2v) is 5.65. The third-order valence-electron chi connectivity index (χ3n) is 3.34. The Balaban J connectivity index is 1.82. The molecule has 0 spiro atoms. The fourth-order valence-electron chi connectivity index (χ4n) is 2.24. The summed E-state index contributed by atoms with van der Waals surface area (Å²) < 4.78 is 7.59. The molecule has 0 aliphatic carbocycles. The second kappa shape index (κ2) is 7.26. The van der Waals surface area contributed by atoms with Gasteiger partial charge < -0.3 is 15.0 Å². The van der Waals surface area contributed by atoms with Gasteiger partial charge in [-0.3, -0.25) is 4.68 Å². The van der Waals surface area contributed by atoms with Gasteiger partial charge in [-0.15, -0.1) is 0 Å². The van der Waals surface area contributed by atoms with Crippen molar-refractivity contribution in [3.8, 4) is 0 Å². The molecule has 2 heterocycles. The van der Waals surface area contributed by atoms with Crippen LogP contribution in [0.1, 0.15) is 19.4 Å². The summed E-state index contributed by atoms with van der Waals surface area (Å²) in [6.07, 6.45) is 5.80. The lowest BCUT2D eigenvalue weighted by molar-refractivity contribution is -0.0236. The maximum Gasteiger partial charge on any atom is 0.317 e. The molecule has 116 valence electrons. The van der Waals surface area contributed by atoms with Gasteiger partial charge in [0.2, 0.25) is 0 Å². The summed E-state index contributed by atoms with van der Waals surface area (Å²) in [5.74, 6) is 0. The van der Waals surface area contributed by atoms with Crippen molar-refractivity contribution in [3.63, 3.8) is 0 Å². The Hall–Kier alpha value is -1.82. The quantitative estimate of drug-likeness (QED) is 0.857. The first-order valence-corrected chi connectivity index (χ1v) is 7.31. The molecule has 1 N–H and O–H groups in total. The summed E-state index contributed by atoms with van der Waals surface area (Å²) in [6, 6.07) is -0.0301. The molecule has 0 saturated carbocycles. The lowest BCUT2D eigenvalue weighted by Crippen LogP contribution is -2.50. The number of hydrogen-bond acceptors (Lipinski definition) is 3. The maximum atomic E-state index is 12.1. The van der Waals surface area contributed by atoms with Crippen LogP contribution in [0.4, 0.5) is 4.79 Å². The Kier molecular flexibility index (Phi) is 5.38. The third kappa shape index (κ3) is 4.90. The lowest BCUT2D eigenvalue weighted by atomic mass is 10.2. The molecule has 1 aliphatic rings. The lowest BCUT2D eigenvalue weighted by Gasteiger charge is -2.32. The van der Waals surface area contributed by atoms with Gasteiger partial charge in [0.15, 0.2) is 0 Å². The van der Waals surface area contributed by atoms with E-state index in [1.54, 1.807) is 0 Å². The van der Waals surface area contributed by atoms with Crippen LogP contribution in [0, 0.1) is 6.92 Å². The van der Waals surface area contributed by atoms with Crippen LogP contribution in [-0.2, 0) is 11.3 Å². The van der Waals surface area contributed by atoms with Crippen molar-refractivity contribution >= 4 is 6.03 Å². The molecule has 1 aromatic rings. The van der Waals surface area contributed by atoms with Crippen LogP contribution in [0.2, 0.25) is 0 Å². The molecule has 6 heteroatoms. The van der Waals surface area contributed by atoms with E-state index in [0.717, 1.165) is 5.56 Å². The molecule has 1 saturated heterocycles. The van der Waals surface area contributed by atoms with Gasteiger partial charge in [-0.05, 0) is 26.3 Å². The third-order valence-corrected chi connectivity index (χ3v) is 3.34. The summed E-state index contributed by atoms with van der Waals surface area (Å²) in [5, 5.41) is 7.16. The molecule has 0 aromatic carbocycles.